The summed E-state index contributed by atoms with van der Waals surface area (Å²) in [5, 5.41) is 3.46. The van der Waals surface area contributed by atoms with Gasteiger partial charge < -0.3 is 14.8 Å². The van der Waals surface area contributed by atoms with Crippen molar-refractivity contribution in [2.75, 3.05) is 5.32 Å². The smallest absolute Gasteiger partial charge is 0.238 e. The number of anilines is 1. The first-order chi connectivity index (χ1) is 15.9. The van der Waals surface area contributed by atoms with Crippen LogP contribution in [0.1, 0.15) is 53.1 Å². The van der Waals surface area contributed by atoms with Gasteiger partial charge in [-0.1, -0.05) is 78.4 Å². The number of hydrogen-bond donors (Lipinski definition) is 1. The zero-order chi connectivity index (χ0) is 23.4. The Balaban J connectivity index is 1.45. The molecule has 2 unspecified atom stereocenters. The number of aryl methyl sites for hydroxylation is 2. The molecule has 4 rings (SSSR count). The van der Waals surface area contributed by atoms with Crippen molar-refractivity contribution < 1.29 is 9.47 Å². The Kier molecular flexibility index (Phi) is 7.32. The van der Waals surface area contributed by atoms with Crippen molar-refractivity contribution in [1.29, 1.82) is 0 Å². The lowest BCUT2D eigenvalue weighted by molar-refractivity contribution is -0.230. The van der Waals surface area contributed by atoms with Gasteiger partial charge in [0.1, 0.15) is 0 Å². The summed E-state index contributed by atoms with van der Waals surface area (Å²) >= 11 is 0. The summed E-state index contributed by atoms with van der Waals surface area (Å²) in [6, 6.07) is 23.3. The van der Waals surface area contributed by atoms with Gasteiger partial charge in [-0.25, -0.2) is 0 Å². The second-order valence-electron chi connectivity index (χ2n) is 9.15. The zero-order valence-electron chi connectivity index (χ0n) is 20.3. The summed E-state index contributed by atoms with van der Waals surface area (Å²) < 4.78 is 12.5. The highest BCUT2D eigenvalue weighted by Crippen LogP contribution is 2.34. The van der Waals surface area contributed by atoms with E-state index in [2.05, 4.69) is 107 Å². The van der Waals surface area contributed by atoms with Gasteiger partial charge >= 0.3 is 0 Å². The molecule has 1 heterocycles. The lowest BCUT2D eigenvalue weighted by Crippen LogP contribution is -2.45. The minimum Gasteiger partial charge on any atom is -0.337 e. The van der Waals surface area contributed by atoms with E-state index in [4.69, 9.17) is 9.47 Å². The van der Waals surface area contributed by atoms with Gasteiger partial charge in [0.05, 0.1) is 12.2 Å². The number of allylic oxidation sites excluding steroid dienone is 1. The molecule has 33 heavy (non-hydrogen) atoms. The molecule has 0 aliphatic carbocycles. The fraction of sp³-hybridized carbons (Fsp3) is 0.333. The second-order valence-corrected chi connectivity index (χ2v) is 9.15. The Hall–Kier alpha value is -2.88. The molecule has 3 heteroatoms. The van der Waals surface area contributed by atoms with E-state index in [1.807, 2.05) is 12.1 Å². The van der Waals surface area contributed by atoms with Crippen molar-refractivity contribution in [1.82, 2.24) is 0 Å². The first-order valence-corrected chi connectivity index (χ1v) is 11.9. The van der Waals surface area contributed by atoms with Crippen LogP contribution in [0.3, 0.4) is 0 Å². The van der Waals surface area contributed by atoms with Crippen LogP contribution in [0.2, 0.25) is 0 Å². The fourth-order valence-corrected chi connectivity index (χ4v) is 4.81. The minimum atomic E-state index is -0.480. The lowest BCUT2D eigenvalue weighted by atomic mass is 9.89. The molecule has 0 amide bonds. The highest BCUT2D eigenvalue weighted by Gasteiger charge is 2.35. The molecule has 1 aliphatic heterocycles. The molecular weight excluding hydrogens is 406 g/mol. The van der Waals surface area contributed by atoms with Crippen molar-refractivity contribution in [3.63, 3.8) is 0 Å². The summed E-state index contributed by atoms with van der Waals surface area (Å²) in [5.74, 6) is 0.209. The first kappa shape index (κ1) is 23.3. The van der Waals surface area contributed by atoms with Gasteiger partial charge in [0.25, 0.3) is 0 Å². The molecule has 1 fully saturated rings. The maximum atomic E-state index is 6.24. The molecule has 0 bridgehead atoms. The monoisotopic (exact) mass is 441 g/mol. The molecule has 0 saturated carbocycles. The van der Waals surface area contributed by atoms with Gasteiger partial charge in [0, 0.05) is 11.6 Å². The molecule has 3 aromatic carbocycles. The topological polar surface area (TPSA) is 30.5 Å². The van der Waals surface area contributed by atoms with Crippen molar-refractivity contribution in [2.24, 2.45) is 0 Å². The molecule has 0 radical (unpaired) electrons. The molecule has 1 aliphatic rings. The van der Waals surface area contributed by atoms with Gasteiger partial charge in [0.15, 0.2) is 0 Å². The zero-order valence-corrected chi connectivity index (χ0v) is 20.3. The number of nitrogens with one attached hydrogen (secondary N) is 1. The van der Waals surface area contributed by atoms with Crippen LogP contribution in [-0.2, 0) is 15.9 Å². The van der Waals surface area contributed by atoms with Crippen molar-refractivity contribution >= 4 is 11.8 Å². The van der Waals surface area contributed by atoms with Gasteiger partial charge in [0.2, 0.25) is 6.41 Å². The quantitative estimate of drug-likeness (QED) is 0.440. The summed E-state index contributed by atoms with van der Waals surface area (Å²) in [5.41, 5.74) is 8.79. The molecular formula is C30H35NO2. The van der Waals surface area contributed by atoms with Crippen LogP contribution >= 0.6 is 0 Å². The normalized spacial score (nSPS) is 23.1. The van der Waals surface area contributed by atoms with Crippen LogP contribution in [-0.4, -0.2) is 18.6 Å². The van der Waals surface area contributed by atoms with E-state index >= 15 is 0 Å². The number of ether oxygens (including phenoxy) is 2. The Labute approximate surface area is 198 Å². The van der Waals surface area contributed by atoms with Crippen LogP contribution in [0, 0.1) is 20.8 Å². The third-order valence-electron chi connectivity index (χ3n) is 6.66. The van der Waals surface area contributed by atoms with Crippen LogP contribution in [0.5, 0.6) is 0 Å². The number of benzene rings is 3. The molecule has 2 atom stereocenters. The van der Waals surface area contributed by atoms with Crippen molar-refractivity contribution in [2.45, 2.75) is 65.6 Å². The van der Waals surface area contributed by atoms with Crippen LogP contribution in [0.25, 0.3) is 6.08 Å². The highest BCUT2D eigenvalue weighted by atomic mass is 16.7. The summed E-state index contributed by atoms with van der Waals surface area (Å²) in [7, 11) is 0. The van der Waals surface area contributed by atoms with Gasteiger partial charge in [-0.05, 0) is 74.9 Å². The van der Waals surface area contributed by atoms with Crippen LogP contribution in [0.4, 0.5) is 5.69 Å². The van der Waals surface area contributed by atoms with E-state index in [1.54, 1.807) is 0 Å². The number of para-hydroxylation sites is 1. The van der Waals surface area contributed by atoms with E-state index in [0.29, 0.717) is 0 Å². The lowest BCUT2D eigenvalue weighted by Gasteiger charge is -2.40. The van der Waals surface area contributed by atoms with Gasteiger partial charge in [-0.3, -0.25) is 0 Å². The van der Waals surface area contributed by atoms with Gasteiger partial charge in [-0.2, -0.15) is 0 Å². The Morgan fingerprint density at radius 1 is 0.848 bits per heavy atom. The molecule has 0 spiro atoms. The van der Waals surface area contributed by atoms with Crippen molar-refractivity contribution in [3.8, 4) is 0 Å². The Morgan fingerprint density at radius 3 is 2.24 bits per heavy atom. The standard InChI is InChI=1S/C30H35NO2/c1-20-18-21(2)22(3)27(19-20)16-11-15-25-12-9-10-17-28(25)31-30-32-23(4)29(24(5)33-30)26-13-7-6-8-14-26/h6-15,17-19,23-24,29-31H,16H2,1-5H3/b15-11-. The van der Waals surface area contributed by atoms with Crippen molar-refractivity contribution in [3.05, 3.63) is 106 Å². The number of hydrogen-bond acceptors (Lipinski definition) is 3. The predicted octanol–water partition coefficient (Wildman–Crippen LogP) is 7.17. The molecule has 1 saturated heterocycles. The van der Waals surface area contributed by atoms with E-state index in [9.17, 15) is 0 Å². The Morgan fingerprint density at radius 2 is 1.52 bits per heavy atom. The van der Waals surface area contributed by atoms with E-state index < -0.39 is 6.41 Å². The van der Waals surface area contributed by atoms with E-state index in [1.165, 1.54) is 27.8 Å². The average Bonchev–Trinajstić information content (AvgIpc) is 2.78. The second kappa shape index (κ2) is 10.4. The summed E-state index contributed by atoms with van der Waals surface area (Å²) in [6.07, 6.45) is 4.94. The average molecular weight is 442 g/mol. The predicted molar refractivity (Wildman–Crippen MR) is 138 cm³/mol. The van der Waals surface area contributed by atoms with Crippen LogP contribution in [0.15, 0.2) is 72.8 Å². The molecule has 0 aromatic heterocycles. The largest absolute Gasteiger partial charge is 0.337 e. The summed E-state index contributed by atoms with van der Waals surface area (Å²) in [4.78, 5) is 0. The van der Waals surface area contributed by atoms with E-state index in [0.717, 1.165) is 17.7 Å². The SMILES string of the molecule is Cc1cc(C)c(C)c(C/C=C\c2ccccc2NC2OC(C)C(c3ccccc3)C(C)O2)c1. The maximum absolute atomic E-state index is 6.24. The molecule has 1 N–H and O–H groups in total. The highest BCUT2D eigenvalue weighted by molar-refractivity contribution is 5.66. The van der Waals surface area contributed by atoms with Crippen LogP contribution < -0.4 is 5.32 Å². The van der Waals surface area contributed by atoms with Gasteiger partial charge in [-0.15, -0.1) is 0 Å². The molecule has 3 nitrogen and oxygen atoms in total. The first-order valence-electron chi connectivity index (χ1n) is 11.9. The third-order valence-corrected chi connectivity index (χ3v) is 6.66. The number of rotatable bonds is 6. The fourth-order valence-electron chi connectivity index (χ4n) is 4.81. The minimum absolute atomic E-state index is 0.0453. The third kappa shape index (κ3) is 5.55. The maximum Gasteiger partial charge on any atom is 0.238 e. The molecule has 3 aromatic rings. The summed E-state index contributed by atoms with van der Waals surface area (Å²) in [6.45, 7) is 10.8. The molecule has 172 valence electrons. The Bertz CT molecular complexity index is 1090. The van der Waals surface area contributed by atoms with E-state index in [-0.39, 0.29) is 18.1 Å².